The fourth-order valence-electron chi connectivity index (χ4n) is 4.77. The highest BCUT2D eigenvalue weighted by Gasteiger charge is 2.18. The number of nitrogens with zero attached hydrogens (tertiary/aromatic N) is 1. The van der Waals surface area contributed by atoms with Gasteiger partial charge in [0, 0.05) is 23.8 Å². The summed E-state index contributed by atoms with van der Waals surface area (Å²) in [6, 6.07) is 21.2. The molecule has 168 valence electrons. The normalized spacial score (nSPS) is 18.2. The molecule has 0 bridgehead atoms. The lowest BCUT2D eigenvalue weighted by Gasteiger charge is -2.26. The molecule has 32 heavy (non-hydrogen) atoms. The third-order valence-electron chi connectivity index (χ3n) is 6.83. The maximum absolute atomic E-state index is 13.2. The summed E-state index contributed by atoms with van der Waals surface area (Å²) >= 11 is 0. The van der Waals surface area contributed by atoms with Crippen LogP contribution in [-0.4, -0.2) is 37.0 Å². The van der Waals surface area contributed by atoms with Crippen LogP contribution < -0.4 is 10.6 Å². The topological polar surface area (TPSA) is 44.4 Å². The molecule has 1 unspecified atom stereocenters. The highest BCUT2D eigenvalue weighted by atomic mass is 16.1. The molecular weight excluding hydrogens is 394 g/mol. The van der Waals surface area contributed by atoms with Gasteiger partial charge in [-0.3, -0.25) is 4.79 Å². The molecule has 3 aromatic rings. The predicted octanol–water partition coefficient (Wildman–Crippen LogP) is 5.93. The number of carbonyl (C=O) groups excluding carboxylic acids is 1. The van der Waals surface area contributed by atoms with E-state index >= 15 is 0 Å². The summed E-state index contributed by atoms with van der Waals surface area (Å²) in [5.74, 6) is -0.0295. The molecule has 4 rings (SSSR count). The molecule has 0 radical (unpaired) electrons. The zero-order chi connectivity index (χ0) is 22.5. The number of hydrogen-bond donors (Lipinski definition) is 2. The largest absolute Gasteiger partial charge is 0.383 e. The van der Waals surface area contributed by atoms with Gasteiger partial charge in [-0.1, -0.05) is 61.4 Å². The van der Waals surface area contributed by atoms with Gasteiger partial charge in [0.25, 0.3) is 5.91 Å². The fraction of sp³-hybridized carbons (Fsp3) is 0.393. The molecule has 2 atom stereocenters. The molecule has 2 N–H and O–H groups in total. The van der Waals surface area contributed by atoms with E-state index in [0.29, 0.717) is 6.04 Å². The first-order chi connectivity index (χ1) is 15.5. The Morgan fingerprint density at radius 2 is 1.88 bits per heavy atom. The second-order valence-electron chi connectivity index (χ2n) is 9.16. The van der Waals surface area contributed by atoms with Crippen molar-refractivity contribution in [2.45, 2.75) is 51.6 Å². The third-order valence-corrected chi connectivity index (χ3v) is 6.83. The Kier molecular flexibility index (Phi) is 7.11. The SMILES string of the molecule is Cc1ccc(NCC2CCCCCN2C)cc1C(=O)N[C@H](C)c1cccc2ccccc12. The van der Waals surface area contributed by atoms with Crippen LogP contribution in [0.3, 0.4) is 0 Å². The molecule has 0 spiro atoms. The fourth-order valence-corrected chi connectivity index (χ4v) is 4.77. The minimum Gasteiger partial charge on any atom is -0.383 e. The number of anilines is 1. The maximum Gasteiger partial charge on any atom is 0.252 e. The molecule has 1 aliphatic heterocycles. The van der Waals surface area contributed by atoms with Gasteiger partial charge in [-0.15, -0.1) is 0 Å². The van der Waals surface area contributed by atoms with Crippen molar-refractivity contribution >= 4 is 22.4 Å². The number of rotatable bonds is 6. The zero-order valence-electron chi connectivity index (χ0n) is 19.5. The highest BCUT2D eigenvalue weighted by Crippen LogP contribution is 2.25. The molecule has 0 aromatic heterocycles. The van der Waals surface area contributed by atoms with E-state index in [4.69, 9.17) is 0 Å². The van der Waals surface area contributed by atoms with Gasteiger partial charge in [-0.25, -0.2) is 0 Å². The third kappa shape index (κ3) is 5.13. The number of aryl methyl sites for hydroxylation is 1. The van der Waals surface area contributed by atoms with Crippen molar-refractivity contribution in [2.75, 3.05) is 25.5 Å². The maximum atomic E-state index is 13.2. The lowest BCUT2D eigenvalue weighted by molar-refractivity contribution is 0.0939. The molecule has 1 saturated heterocycles. The van der Waals surface area contributed by atoms with Crippen molar-refractivity contribution in [3.8, 4) is 0 Å². The first-order valence-electron chi connectivity index (χ1n) is 11.9. The molecule has 1 fully saturated rings. The molecule has 4 nitrogen and oxygen atoms in total. The van der Waals surface area contributed by atoms with Crippen molar-refractivity contribution in [3.63, 3.8) is 0 Å². The number of benzene rings is 3. The van der Waals surface area contributed by atoms with Crippen LogP contribution in [0.5, 0.6) is 0 Å². The minimum atomic E-state index is -0.0794. The van der Waals surface area contributed by atoms with Gasteiger partial charge in [-0.05, 0) is 74.3 Å². The summed E-state index contributed by atoms with van der Waals surface area (Å²) in [4.78, 5) is 15.7. The summed E-state index contributed by atoms with van der Waals surface area (Å²) in [6.45, 7) is 6.13. The smallest absolute Gasteiger partial charge is 0.252 e. The summed E-state index contributed by atoms with van der Waals surface area (Å²) in [5.41, 5.74) is 3.87. The van der Waals surface area contributed by atoms with Crippen LogP contribution in [0.4, 0.5) is 5.69 Å². The molecule has 0 aliphatic carbocycles. The van der Waals surface area contributed by atoms with E-state index in [1.165, 1.54) is 43.0 Å². The lowest BCUT2D eigenvalue weighted by atomic mass is 9.99. The molecule has 0 saturated carbocycles. The van der Waals surface area contributed by atoms with E-state index in [0.717, 1.165) is 28.9 Å². The van der Waals surface area contributed by atoms with Crippen LogP contribution in [0.1, 0.15) is 60.1 Å². The Bertz CT molecular complexity index is 1070. The molecular formula is C28H35N3O. The number of amides is 1. The second kappa shape index (κ2) is 10.2. The van der Waals surface area contributed by atoms with E-state index in [9.17, 15) is 4.79 Å². The van der Waals surface area contributed by atoms with Gasteiger partial charge in [0.05, 0.1) is 6.04 Å². The monoisotopic (exact) mass is 429 g/mol. The Hall–Kier alpha value is -2.85. The van der Waals surface area contributed by atoms with Crippen LogP contribution in [0.25, 0.3) is 10.8 Å². The van der Waals surface area contributed by atoms with Gasteiger partial charge in [-0.2, -0.15) is 0 Å². The number of likely N-dealkylation sites (tertiary alicyclic amines) is 1. The quantitative estimate of drug-likeness (QED) is 0.511. The molecule has 1 aliphatic rings. The van der Waals surface area contributed by atoms with Crippen LogP contribution in [-0.2, 0) is 0 Å². The van der Waals surface area contributed by atoms with Gasteiger partial charge in [0.15, 0.2) is 0 Å². The Balaban J connectivity index is 1.46. The van der Waals surface area contributed by atoms with Crippen LogP contribution in [0, 0.1) is 6.92 Å². The number of likely N-dealkylation sites (N-methyl/N-ethyl adjacent to an activating group) is 1. The number of fused-ring (bicyclic) bond motifs is 1. The van der Waals surface area contributed by atoms with Crippen LogP contribution >= 0.6 is 0 Å². The Labute approximate surface area is 192 Å². The molecule has 1 heterocycles. The summed E-state index contributed by atoms with van der Waals surface area (Å²) in [7, 11) is 2.22. The van der Waals surface area contributed by atoms with E-state index in [1.54, 1.807) is 0 Å². The number of nitrogens with one attached hydrogen (secondary N) is 2. The van der Waals surface area contributed by atoms with Crippen molar-refractivity contribution in [1.82, 2.24) is 10.2 Å². The molecule has 4 heteroatoms. The molecule has 3 aromatic carbocycles. The highest BCUT2D eigenvalue weighted by molar-refractivity contribution is 5.97. The van der Waals surface area contributed by atoms with Crippen molar-refractivity contribution < 1.29 is 4.79 Å². The zero-order valence-corrected chi connectivity index (χ0v) is 19.5. The van der Waals surface area contributed by atoms with Crippen molar-refractivity contribution in [2.24, 2.45) is 0 Å². The Morgan fingerprint density at radius 3 is 2.75 bits per heavy atom. The number of carbonyl (C=O) groups is 1. The summed E-state index contributed by atoms with van der Waals surface area (Å²) in [5, 5.41) is 9.18. The Morgan fingerprint density at radius 1 is 1.06 bits per heavy atom. The van der Waals surface area contributed by atoms with Crippen LogP contribution in [0.15, 0.2) is 60.7 Å². The second-order valence-corrected chi connectivity index (χ2v) is 9.16. The van der Waals surface area contributed by atoms with E-state index < -0.39 is 0 Å². The summed E-state index contributed by atoms with van der Waals surface area (Å²) < 4.78 is 0. The number of hydrogen-bond acceptors (Lipinski definition) is 3. The van der Waals surface area contributed by atoms with Crippen LogP contribution in [0.2, 0.25) is 0 Å². The van der Waals surface area contributed by atoms with Crippen molar-refractivity contribution in [3.05, 3.63) is 77.4 Å². The lowest BCUT2D eigenvalue weighted by Crippen LogP contribution is -2.36. The first kappa shape index (κ1) is 22.3. The standard InChI is InChI=1S/C28H35N3O/c1-20-15-16-23(29-19-24-12-5-4-8-17-31(24)3)18-27(20)28(32)30-21(2)25-14-9-11-22-10-6-7-13-26(22)25/h6-7,9-11,13-16,18,21,24,29H,4-5,8,12,17,19H2,1-3H3,(H,30,32)/t21-,24?/m1/s1. The predicted molar refractivity (Wildman–Crippen MR) is 134 cm³/mol. The minimum absolute atomic E-state index is 0.0295. The average molecular weight is 430 g/mol. The van der Waals surface area contributed by atoms with Gasteiger partial charge in [0.2, 0.25) is 0 Å². The first-order valence-corrected chi connectivity index (χ1v) is 11.9. The van der Waals surface area contributed by atoms with E-state index in [2.05, 4.69) is 65.9 Å². The van der Waals surface area contributed by atoms with Crippen molar-refractivity contribution in [1.29, 1.82) is 0 Å². The van der Waals surface area contributed by atoms with Gasteiger partial charge in [0.1, 0.15) is 0 Å². The van der Waals surface area contributed by atoms with E-state index in [-0.39, 0.29) is 11.9 Å². The summed E-state index contributed by atoms with van der Waals surface area (Å²) in [6.07, 6.45) is 5.14. The van der Waals surface area contributed by atoms with Gasteiger partial charge >= 0.3 is 0 Å². The average Bonchev–Trinajstić information content (AvgIpc) is 3.01. The van der Waals surface area contributed by atoms with Gasteiger partial charge < -0.3 is 15.5 Å². The molecule has 1 amide bonds. The van der Waals surface area contributed by atoms with E-state index in [1.807, 2.05) is 31.2 Å².